The lowest BCUT2D eigenvalue weighted by Gasteiger charge is -2.12. The van der Waals surface area contributed by atoms with Crippen LogP contribution < -0.4 is 4.84 Å². The van der Waals surface area contributed by atoms with Crippen molar-refractivity contribution in [2.24, 2.45) is 5.11 Å². The van der Waals surface area contributed by atoms with Crippen LogP contribution in [-0.4, -0.2) is 44.4 Å². The van der Waals surface area contributed by atoms with Gasteiger partial charge in [-0.1, -0.05) is 10.9 Å². The minimum atomic E-state index is -0.603. The smallest absolute Gasteiger partial charge is 0.317 e. The molecular formula is C14H12N6O4. The summed E-state index contributed by atoms with van der Waals surface area (Å²) < 4.78 is 0. The van der Waals surface area contributed by atoms with E-state index in [1.807, 2.05) is 0 Å². The van der Waals surface area contributed by atoms with Crippen LogP contribution in [0.4, 0.5) is 5.69 Å². The quantitative estimate of drug-likeness (QED) is 0.473. The summed E-state index contributed by atoms with van der Waals surface area (Å²) in [4.78, 5) is 41.7. The number of aromatic nitrogens is 3. The van der Waals surface area contributed by atoms with Crippen LogP contribution in [0, 0.1) is 5.53 Å². The van der Waals surface area contributed by atoms with Crippen LogP contribution in [0.2, 0.25) is 0 Å². The van der Waals surface area contributed by atoms with Crippen molar-refractivity contribution in [2.75, 3.05) is 6.54 Å². The number of para-hydroxylation sites is 1. The van der Waals surface area contributed by atoms with Gasteiger partial charge in [0.05, 0.1) is 0 Å². The van der Waals surface area contributed by atoms with Gasteiger partial charge in [-0.15, -0.1) is 5.10 Å². The van der Waals surface area contributed by atoms with E-state index in [1.165, 1.54) is 12.2 Å². The minimum Gasteiger partial charge on any atom is -0.317 e. The number of hydrogen-bond acceptors (Lipinski definition) is 8. The lowest BCUT2D eigenvalue weighted by molar-refractivity contribution is -0.146. The van der Waals surface area contributed by atoms with Crippen molar-refractivity contribution in [1.29, 1.82) is 5.53 Å². The van der Waals surface area contributed by atoms with Gasteiger partial charge >= 0.3 is 5.97 Å². The first-order chi connectivity index (χ1) is 11.6. The first kappa shape index (κ1) is 15.5. The number of carbonyl (C=O) groups excluding carboxylic acids is 3. The average molecular weight is 328 g/mol. The Balaban J connectivity index is 1.60. The molecule has 1 aromatic heterocycles. The number of hydrogen-bond donors (Lipinski definition) is 1. The first-order valence-corrected chi connectivity index (χ1v) is 7.07. The SMILES string of the molecule is N=Nc1cccc2nnn(OC(=O)CCCN3C(=O)C=CC3=O)c12. The zero-order valence-electron chi connectivity index (χ0n) is 12.4. The third-order valence-electron chi connectivity index (χ3n) is 3.39. The van der Waals surface area contributed by atoms with Gasteiger partial charge in [0.25, 0.3) is 11.8 Å². The molecule has 0 radical (unpaired) electrons. The summed E-state index contributed by atoms with van der Waals surface area (Å²) in [5, 5.41) is 10.9. The molecular weight excluding hydrogens is 316 g/mol. The summed E-state index contributed by atoms with van der Waals surface area (Å²) >= 11 is 0. The van der Waals surface area contributed by atoms with Gasteiger partial charge in [-0.05, 0) is 23.8 Å². The number of imide groups is 1. The number of nitrogens with zero attached hydrogens (tertiary/aromatic N) is 5. The number of rotatable bonds is 6. The lowest BCUT2D eigenvalue weighted by Crippen LogP contribution is -2.31. The second kappa shape index (κ2) is 6.36. The van der Waals surface area contributed by atoms with E-state index in [-0.39, 0.29) is 25.1 Å². The molecule has 10 heteroatoms. The highest BCUT2D eigenvalue weighted by atomic mass is 16.7. The Morgan fingerprint density at radius 2 is 2.00 bits per heavy atom. The maximum absolute atomic E-state index is 11.9. The van der Waals surface area contributed by atoms with Gasteiger partial charge in [-0.2, -0.15) is 5.11 Å². The van der Waals surface area contributed by atoms with E-state index < -0.39 is 17.8 Å². The fourth-order valence-corrected chi connectivity index (χ4v) is 2.26. The number of amides is 2. The Morgan fingerprint density at radius 1 is 1.25 bits per heavy atom. The molecule has 2 heterocycles. The minimum absolute atomic E-state index is 0.0153. The van der Waals surface area contributed by atoms with E-state index in [2.05, 4.69) is 15.4 Å². The topological polar surface area (TPSA) is 131 Å². The van der Waals surface area contributed by atoms with Crippen LogP contribution in [0.15, 0.2) is 35.5 Å². The van der Waals surface area contributed by atoms with Gasteiger partial charge < -0.3 is 4.84 Å². The molecule has 0 bridgehead atoms. The molecule has 1 N–H and O–H groups in total. The molecule has 2 aromatic rings. The fraction of sp³-hybridized carbons (Fsp3) is 0.214. The van der Waals surface area contributed by atoms with Crippen LogP contribution in [0.25, 0.3) is 11.0 Å². The molecule has 3 rings (SSSR count). The van der Waals surface area contributed by atoms with Crippen LogP contribution in [0.1, 0.15) is 12.8 Å². The molecule has 24 heavy (non-hydrogen) atoms. The van der Waals surface area contributed by atoms with Crippen molar-refractivity contribution in [3.8, 4) is 0 Å². The standard InChI is InChI=1S/C14H12N6O4/c15-16-9-3-1-4-10-14(9)20(18-17-10)24-13(23)5-2-8-19-11(21)6-7-12(19)22/h1,3-4,6-7,15H,2,5,8H2. The van der Waals surface area contributed by atoms with Gasteiger partial charge in [0.15, 0.2) is 5.52 Å². The summed E-state index contributed by atoms with van der Waals surface area (Å²) in [5.41, 5.74) is 8.15. The van der Waals surface area contributed by atoms with Crippen molar-refractivity contribution in [2.45, 2.75) is 12.8 Å². The summed E-state index contributed by atoms with van der Waals surface area (Å²) in [6, 6.07) is 4.88. The zero-order valence-corrected chi connectivity index (χ0v) is 12.4. The third kappa shape index (κ3) is 2.89. The number of fused-ring (bicyclic) bond motifs is 1. The molecule has 122 valence electrons. The van der Waals surface area contributed by atoms with E-state index >= 15 is 0 Å². The Labute approximate surface area is 135 Å². The molecule has 1 aliphatic heterocycles. The summed E-state index contributed by atoms with van der Waals surface area (Å²) in [7, 11) is 0. The van der Waals surface area contributed by atoms with Gasteiger partial charge in [-0.3, -0.25) is 14.5 Å². The molecule has 2 amide bonds. The molecule has 0 spiro atoms. The van der Waals surface area contributed by atoms with Gasteiger partial charge in [-0.25, -0.2) is 10.3 Å². The highest BCUT2D eigenvalue weighted by molar-refractivity contribution is 6.12. The van der Waals surface area contributed by atoms with E-state index in [9.17, 15) is 14.4 Å². The Kier molecular flexibility index (Phi) is 4.10. The molecule has 0 fully saturated rings. The van der Waals surface area contributed by atoms with Gasteiger partial charge in [0.1, 0.15) is 11.2 Å². The van der Waals surface area contributed by atoms with E-state index in [4.69, 9.17) is 10.4 Å². The summed E-state index contributed by atoms with van der Waals surface area (Å²) in [5.74, 6) is -1.39. The van der Waals surface area contributed by atoms with E-state index in [0.717, 1.165) is 9.75 Å². The van der Waals surface area contributed by atoms with Crippen LogP contribution >= 0.6 is 0 Å². The van der Waals surface area contributed by atoms with Crippen molar-refractivity contribution >= 4 is 34.5 Å². The van der Waals surface area contributed by atoms with Gasteiger partial charge in [0.2, 0.25) is 0 Å². The number of carbonyl (C=O) groups is 3. The maximum Gasteiger partial charge on any atom is 0.335 e. The molecule has 0 saturated heterocycles. The molecule has 10 nitrogen and oxygen atoms in total. The predicted octanol–water partition coefficient (Wildman–Crippen LogP) is 0.754. The largest absolute Gasteiger partial charge is 0.335 e. The average Bonchev–Trinajstić information content (AvgIpc) is 3.12. The molecule has 1 aromatic carbocycles. The first-order valence-electron chi connectivity index (χ1n) is 7.07. The lowest BCUT2D eigenvalue weighted by atomic mass is 10.3. The highest BCUT2D eigenvalue weighted by Gasteiger charge is 2.23. The third-order valence-corrected chi connectivity index (χ3v) is 3.39. The monoisotopic (exact) mass is 328 g/mol. The van der Waals surface area contributed by atoms with Crippen molar-refractivity contribution in [3.05, 3.63) is 30.4 Å². The van der Waals surface area contributed by atoms with Crippen molar-refractivity contribution in [1.82, 2.24) is 20.1 Å². The fourth-order valence-electron chi connectivity index (χ4n) is 2.26. The highest BCUT2D eigenvalue weighted by Crippen LogP contribution is 2.23. The Hall–Kier alpha value is -3.43. The normalized spacial score (nSPS) is 13.8. The van der Waals surface area contributed by atoms with Crippen LogP contribution in [0.3, 0.4) is 0 Å². The number of benzene rings is 1. The Bertz CT molecular complexity index is 853. The Morgan fingerprint density at radius 3 is 2.71 bits per heavy atom. The number of nitrogens with one attached hydrogen (secondary N) is 1. The second-order valence-corrected chi connectivity index (χ2v) is 4.95. The zero-order chi connectivity index (χ0) is 17.1. The molecule has 1 aliphatic rings. The molecule has 0 atom stereocenters. The van der Waals surface area contributed by atoms with Crippen molar-refractivity contribution in [3.63, 3.8) is 0 Å². The van der Waals surface area contributed by atoms with Crippen molar-refractivity contribution < 1.29 is 19.2 Å². The summed E-state index contributed by atoms with van der Waals surface area (Å²) in [6.07, 6.45) is 2.63. The maximum atomic E-state index is 11.9. The van der Waals surface area contributed by atoms with Crippen LogP contribution in [-0.2, 0) is 14.4 Å². The molecule has 0 saturated carbocycles. The second-order valence-electron chi connectivity index (χ2n) is 4.95. The van der Waals surface area contributed by atoms with Crippen LogP contribution in [0.5, 0.6) is 0 Å². The predicted molar refractivity (Wildman–Crippen MR) is 79.0 cm³/mol. The van der Waals surface area contributed by atoms with E-state index in [1.54, 1.807) is 18.2 Å². The molecule has 0 unspecified atom stereocenters. The van der Waals surface area contributed by atoms with Gasteiger partial charge in [0, 0.05) is 25.1 Å². The summed E-state index contributed by atoms with van der Waals surface area (Å²) in [6.45, 7) is 0.130. The molecule has 0 aliphatic carbocycles. The van der Waals surface area contributed by atoms with E-state index in [0.29, 0.717) is 11.0 Å².